The van der Waals surface area contributed by atoms with Crippen molar-refractivity contribution in [1.82, 2.24) is 10.6 Å². The van der Waals surface area contributed by atoms with Crippen LogP contribution in [0.1, 0.15) is 26.3 Å². The van der Waals surface area contributed by atoms with Gasteiger partial charge in [-0.1, -0.05) is 35.9 Å². The molecule has 134 valence electrons. The van der Waals surface area contributed by atoms with E-state index in [1.807, 2.05) is 13.0 Å². The van der Waals surface area contributed by atoms with Gasteiger partial charge in [-0.2, -0.15) is 0 Å². The summed E-state index contributed by atoms with van der Waals surface area (Å²) < 4.78 is 4.73. The van der Waals surface area contributed by atoms with Gasteiger partial charge >= 0.3 is 5.97 Å². The van der Waals surface area contributed by atoms with E-state index in [0.717, 1.165) is 5.56 Å². The fraction of sp³-hybridized carbons (Fsp3) is 0.158. The number of carbonyl (C=O) groups is 4. The van der Waals surface area contributed by atoms with Crippen LogP contribution in [0.4, 0.5) is 0 Å². The van der Waals surface area contributed by atoms with Gasteiger partial charge in [0.1, 0.15) is 6.54 Å². The normalized spacial score (nSPS) is 9.88. The second kappa shape index (κ2) is 9.12. The van der Waals surface area contributed by atoms with Gasteiger partial charge in [-0.15, -0.1) is 0 Å². The Morgan fingerprint density at radius 2 is 1.58 bits per heavy atom. The van der Waals surface area contributed by atoms with Crippen LogP contribution in [0.25, 0.3) is 0 Å². The van der Waals surface area contributed by atoms with Crippen LogP contribution in [0.3, 0.4) is 0 Å². The molecule has 2 N–H and O–H groups in total. The highest BCUT2D eigenvalue weighted by molar-refractivity contribution is 6.05. The fourth-order valence-corrected chi connectivity index (χ4v) is 2.06. The maximum Gasteiger partial charge on any atom is 0.325 e. The number of benzene rings is 2. The quantitative estimate of drug-likeness (QED) is 0.760. The summed E-state index contributed by atoms with van der Waals surface area (Å²) in [5, 5.41) is 4.51. The predicted octanol–water partition coefficient (Wildman–Crippen LogP) is 1.22. The van der Waals surface area contributed by atoms with Gasteiger partial charge in [-0.3, -0.25) is 24.5 Å². The predicted molar refractivity (Wildman–Crippen MR) is 93.4 cm³/mol. The van der Waals surface area contributed by atoms with Gasteiger partial charge in [0.25, 0.3) is 17.7 Å². The molecule has 0 heterocycles. The van der Waals surface area contributed by atoms with Gasteiger partial charge in [0, 0.05) is 11.1 Å². The Balaban J connectivity index is 1.72. The number of esters is 1. The van der Waals surface area contributed by atoms with Crippen LogP contribution in [-0.2, 0) is 14.3 Å². The lowest BCUT2D eigenvalue weighted by molar-refractivity contribution is -0.147. The molecule has 0 radical (unpaired) electrons. The smallest absolute Gasteiger partial charge is 0.325 e. The zero-order valence-corrected chi connectivity index (χ0v) is 14.2. The molecule has 0 fully saturated rings. The summed E-state index contributed by atoms with van der Waals surface area (Å²) in [6, 6.07) is 15.1. The van der Waals surface area contributed by atoms with Crippen molar-refractivity contribution in [2.75, 3.05) is 13.2 Å². The Bertz CT molecular complexity index is 818. The van der Waals surface area contributed by atoms with Crippen LogP contribution in [0.2, 0.25) is 0 Å². The Morgan fingerprint density at radius 3 is 2.27 bits per heavy atom. The van der Waals surface area contributed by atoms with Gasteiger partial charge in [-0.05, 0) is 31.2 Å². The zero-order valence-electron chi connectivity index (χ0n) is 14.2. The summed E-state index contributed by atoms with van der Waals surface area (Å²) in [6.07, 6.45) is 0. The molecular formula is C19H18N2O5. The number of hydrogen-bond acceptors (Lipinski definition) is 5. The minimum absolute atomic E-state index is 0.317. The number of carbonyl (C=O) groups excluding carboxylic acids is 4. The number of ether oxygens (including phenoxy) is 1. The van der Waals surface area contributed by atoms with Crippen LogP contribution in [0.15, 0.2) is 54.6 Å². The summed E-state index contributed by atoms with van der Waals surface area (Å²) in [5.74, 6) is -2.54. The molecule has 0 aliphatic heterocycles. The topological polar surface area (TPSA) is 102 Å². The average Bonchev–Trinajstić information content (AvgIpc) is 2.65. The molecule has 0 spiro atoms. The van der Waals surface area contributed by atoms with E-state index in [4.69, 9.17) is 4.74 Å². The highest BCUT2D eigenvalue weighted by atomic mass is 16.5. The van der Waals surface area contributed by atoms with Crippen molar-refractivity contribution in [3.05, 3.63) is 71.3 Å². The third-order valence-electron chi connectivity index (χ3n) is 3.33. The van der Waals surface area contributed by atoms with Crippen LogP contribution in [0, 0.1) is 6.92 Å². The van der Waals surface area contributed by atoms with Gasteiger partial charge in [0.2, 0.25) is 0 Å². The summed E-state index contributed by atoms with van der Waals surface area (Å²) >= 11 is 0. The number of aryl methyl sites for hydroxylation is 1. The van der Waals surface area contributed by atoms with Gasteiger partial charge in [0.05, 0.1) is 0 Å². The first-order valence-corrected chi connectivity index (χ1v) is 7.85. The van der Waals surface area contributed by atoms with E-state index >= 15 is 0 Å². The Labute approximate surface area is 150 Å². The minimum atomic E-state index is -0.784. The zero-order chi connectivity index (χ0) is 18.9. The summed E-state index contributed by atoms with van der Waals surface area (Å²) in [5.41, 5.74) is 1.65. The number of hydrogen-bond donors (Lipinski definition) is 2. The molecular weight excluding hydrogens is 336 g/mol. The van der Waals surface area contributed by atoms with Gasteiger partial charge < -0.3 is 10.1 Å². The average molecular weight is 354 g/mol. The maximum absolute atomic E-state index is 11.9. The Hall–Kier alpha value is -3.48. The number of amides is 3. The lowest BCUT2D eigenvalue weighted by Gasteiger charge is -2.07. The lowest BCUT2D eigenvalue weighted by atomic mass is 10.1. The standard InChI is InChI=1S/C19H18N2O5/c1-13-6-5-9-15(10-13)18(24)20-11-17(23)26-12-16(22)21-19(25)14-7-3-2-4-8-14/h2-10H,11-12H2,1H3,(H,20,24)(H,21,22,25). The molecule has 7 heteroatoms. The molecule has 2 rings (SSSR count). The first-order valence-electron chi connectivity index (χ1n) is 7.85. The van der Waals surface area contributed by atoms with E-state index in [-0.39, 0.29) is 6.54 Å². The van der Waals surface area contributed by atoms with Crippen LogP contribution in [-0.4, -0.2) is 36.8 Å². The van der Waals surface area contributed by atoms with Crippen molar-refractivity contribution in [1.29, 1.82) is 0 Å². The van der Waals surface area contributed by atoms with Gasteiger partial charge in [-0.25, -0.2) is 0 Å². The first kappa shape index (κ1) is 18.9. The van der Waals surface area contributed by atoms with E-state index in [2.05, 4.69) is 10.6 Å². The molecule has 3 amide bonds. The molecule has 26 heavy (non-hydrogen) atoms. The first-order chi connectivity index (χ1) is 12.5. The largest absolute Gasteiger partial charge is 0.454 e. The van der Waals surface area contributed by atoms with Crippen molar-refractivity contribution in [2.45, 2.75) is 6.92 Å². The van der Waals surface area contributed by atoms with E-state index in [1.165, 1.54) is 0 Å². The maximum atomic E-state index is 11.9. The Kier molecular flexibility index (Phi) is 6.61. The highest BCUT2D eigenvalue weighted by Crippen LogP contribution is 2.03. The molecule has 7 nitrogen and oxygen atoms in total. The summed E-state index contributed by atoms with van der Waals surface area (Å²) in [6.45, 7) is 0.852. The number of imide groups is 1. The SMILES string of the molecule is Cc1cccc(C(=O)NCC(=O)OCC(=O)NC(=O)c2ccccc2)c1. The second-order valence-corrected chi connectivity index (χ2v) is 5.46. The van der Waals surface area contributed by atoms with Crippen molar-refractivity contribution in [3.63, 3.8) is 0 Å². The second-order valence-electron chi connectivity index (χ2n) is 5.46. The van der Waals surface area contributed by atoms with Crippen molar-refractivity contribution in [2.24, 2.45) is 0 Å². The van der Waals surface area contributed by atoms with E-state index in [9.17, 15) is 19.2 Å². The molecule has 0 saturated carbocycles. The fourth-order valence-electron chi connectivity index (χ4n) is 2.06. The van der Waals surface area contributed by atoms with Gasteiger partial charge in [0.15, 0.2) is 6.61 Å². The van der Waals surface area contributed by atoms with Crippen LogP contribution < -0.4 is 10.6 Å². The lowest BCUT2D eigenvalue weighted by Crippen LogP contribution is -2.36. The molecule has 0 unspecified atom stereocenters. The number of rotatable bonds is 6. The third-order valence-corrected chi connectivity index (χ3v) is 3.33. The molecule has 2 aromatic rings. The summed E-state index contributed by atoms with van der Waals surface area (Å²) in [7, 11) is 0. The van der Waals surface area contributed by atoms with E-state index < -0.39 is 30.3 Å². The minimum Gasteiger partial charge on any atom is -0.454 e. The highest BCUT2D eigenvalue weighted by Gasteiger charge is 2.13. The van der Waals surface area contributed by atoms with E-state index in [1.54, 1.807) is 48.5 Å². The van der Waals surface area contributed by atoms with Crippen molar-refractivity contribution >= 4 is 23.7 Å². The molecule has 2 aromatic carbocycles. The number of nitrogens with one attached hydrogen (secondary N) is 2. The van der Waals surface area contributed by atoms with Crippen LogP contribution in [0.5, 0.6) is 0 Å². The van der Waals surface area contributed by atoms with E-state index in [0.29, 0.717) is 11.1 Å². The molecule has 0 aromatic heterocycles. The molecule has 0 saturated heterocycles. The molecule has 0 aliphatic rings. The Morgan fingerprint density at radius 1 is 0.885 bits per heavy atom. The summed E-state index contributed by atoms with van der Waals surface area (Å²) in [4.78, 5) is 46.9. The molecule has 0 aliphatic carbocycles. The molecule has 0 atom stereocenters. The van der Waals surface area contributed by atoms with Crippen molar-refractivity contribution < 1.29 is 23.9 Å². The third kappa shape index (κ3) is 5.86. The molecule has 0 bridgehead atoms. The van der Waals surface area contributed by atoms with Crippen molar-refractivity contribution in [3.8, 4) is 0 Å². The monoisotopic (exact) mass is 354 g/mol. The van der Waals surface area contributed by atoms with Crippen LogP contribution >= 0.6 is 0 Å².